The summed E-state index contributed by atoms with van der Waals surface area (Å²) in [5, 5.41) is 26.0. The van der Waals surface area contributed by atoms with Crippen molar-refractivity contribution in [2.24, 2.45) is 5.92 Å². The molecule has 4 N–H and O–H groups in total. The van der Waals surface area contributed by atoms with Crippen LogP contribution in [0.2, 0.25) is 0 Å². The zero-order chi connectivity index (χ0) is 36.2. The van der Waals surface area contributed by atoms with Gasteiger partial charge in [-0.05, 0) is 111 Å². The summed E-state index contributed by atoms with van der Waals surface area (Å²) in [6.07, 6.45) is 10.1. The number of amides is 1. The van der Waals surface area contributed by atoms with E-state index in [2.05, 4.69) is 56.9 Å². The highest BCUT2D eigenvalue weighted by Crippen LogP contribution is 2.63. The number of carbonyl (C=O) groups is 1. The molecule has 0 saturated carbocycles. The van der Waals surface area contributed by atoms with E-state index >= 15 is 0 Å². The van der Waals surface area contributed by atoms with Gasteiger partial charge in [-0.15, -0.1) is 0 Å². The Labute approximate surface area is 301 Å². The smallest absolute Gasteiger partial charge is 0.253 e. The Morgan fingerprint density at radius 2 is 1.92 bits per heavy atom. The number of aromatic hydroxyl groups is 1. The quantitative estimate of drug-likeness (QED) is 0.179. The first kappa shape index (κ1) is 32.7. The molecule has 2 bridgehead atoms. The number of nitrogens with zero attached hydrogens (tertiary/aromatic N) is 3. The Morgan fingerprint density at radius 1 is 1.13 bits per heavy atom. The van der Waals surface area contributed by atoms with Gasteiger partial charge in [0.2, 0.25) is 0 Å². The molecular formula is C42H43N5O5. The van der Waals surface area contributed by atoms with Crippen LogP contribution in [0.1, 0.15) is 74.4 Å². The van der Waals surface area contributed by atoms with Crippen LogP contribution in [0, 0.1) is 26.7 Å². The number of piperidine rings is 1. The number of aromatic nitrogens is 3. The van der Waals surface area contributed by atoms with Gasteiger partial charge in [0.05, 0.1) is 0 Å². The Balaban J connectivity index is 1.21. The number of benzene rings is 1. The molecule has 5 aromatic rings. The largest absolute Gasteiger partial charge is 0.504 e. The highest BCUT2D eigenvalue weighted by Gasteiger charge is 2.64. The summed E-state index contributed by atoms with van der Waals surface area (Å²) in [6.45, 7) is 8.83. The third-order valence-electron chi connectivity index (χ3n) is 12.6. The van der Waals surface area contributed by atoms with Crippen molar-refractivity contribution in [1.82, 2.24) is 24.6 Å². The van der Waals surface area contributed by atoms with Gasteiger partial charge < -0.3 is 34.6 Å². The van der Waals surface area contributed by atoms with Crippen LogP contribution in [-0.4, -0.2) is 67.2 Å². The lowest BCUT2D eigenvalue weighted by Crippen LogP contribution is -2.64. The number of rotatable bonds is 6. The van der Waals surface area contributed by atoms with Gasteiger partial charge >= 0.3 is 0 Å². The lowest BCUT2D eigenvalue weighted by Gasteiger charge is -2.56. The summed E-state index contributed by atoms with van der Waals surface area (Å²) in [7, 11) is 2.18. The number of likely N-dealkylation sites (tertiary alicyclic amines) is 1. The van der Waals surface area contributed by atoms with Crippen molar-refractivity contribution in [3.8, 4) is 22.6 Å². The van der Waals surface area contributed by atoms with Gasteiger partial charge in [-0.3, -0.25) is 14.6 Å². The molecule has 6 atom stereocenters. The number of nitrogens with one attached hydrogen (secondary N) is 2. The van der Waals surface area contributed by atoms with Gasteiger partial charge in [0.25, 0.3) is 11.5 Å². The van der Waals surface area contributed by atoms with Crippen LogP contribution in [0.3, 0.4) is 0 Å². The van der Waals surface area contributed by atoms with E-state index in [-0.39, 0.29) is 41.6 Å². The van der Waals surface area contributed by atoms with Gasteiger partial charge in [-0.1, -0.05) is 19.1 Å². The zero-order valence-electron chi connectivity index (χ0n) is 30.0. The topological polar surface area (TPSA) is 132 Å². The number of phenols is 1. The maximum atomic E-state index is 14.1. The summed E-state index contributed by atoms with van der Waals surface area (Å²) >= 11 is 0. The fourth-order valence-corrected chi connectivity index (χ4v) is 10.1. The van der Waals surface area contributed by atoms with Crippen molar-refractivity contribution in [3.05, 3.63) is 128 Å². The van der Waals surface area contributed by atoms with Gasteiger partial charge in [0.15, 0.2) is 11.5 Å². The highest BCUT2D eigenvalue weighted by molar-refractivity contribution is 5.97. The number of ether oxygens (including phenoxy) is 1. The van der Waals surface area contributed by atoms with Crippen molar-refractivity contribution in [2.45, 2.75) is 76.7 Å². The van der Waals surface area contributed by atoms with Crippen molar-refractivity contribution in [2.75, 3.05) is 13.6 Å². The predicted octanol–water partition coefficient (Wildman–Crippen LogP) is 5.21. The first-order valence-electron chi connectivity index (χ1n) is 18.1. The average Bonchev–Trinajstić information content (AvgIpc) is 3.71. The first-order chi connectivity index (χ1) is 25.0. The van der Waals surface area contributed by atoms with Crippen LogP contribution in [0.15, 0.2) is 71.9 Å². The number of pyridine rings is 3. The number of H-pyrrole nitrogens is 1. The number of aryl methyl sites for hydroxylation is 2. The van der Waals surface area contributed by atoms with Crippen molar-refractivity contribution < 1.29 is 19.7 Å². The predicted molar refractivity (Wildman–Crippen MR) is 198 cm³/mol. The van der Waals surface area contributed by atoms with E-state index in [0.29, 0.717) is 16.9 Å². The second kappa shape index (κ2) is 11.7. The fraction of sp³-hybridized carbons (Fsp3) is 0.357. The van der Waals surface area contributed by atoms with Crippen molar-refractivity contribution in [1.29, 1.82) is 0 Å². The SMILES string of the molecule is Cc1cc(C)c(CNC(=O)c2cc3cc(-c4ccncc4)cn3c(C(C)c3cc(O)c4c5c3C[C@@H]3[C@@H]6C=C[C@H](O)[C@H](O4)[C@]56CCN3C)c2C)c(=O)[nH]1. The third-order valence-corrected chi connectivity index (χ3v) is 12.6. The van der Waals surface area contributed by atoms with Crippen LogP contribution in [0.5, 0.6) is 11.5 Å². The first-order valence-corrected chi connectivity index (χ1v) is 18.1. The Kier molecular flexibility index (Phi) is 7.33. The van der Waals surface area contributed by atoms with Crippen LogP contribution in [0.25, 0.3) is 16.6 Å². The van der Waals surface area contributed by atoms with Crippen molar-refractivity contribution in [3.63, 3.8) is 0 Å². The minimum Gasteiger partial charge on any atom is -0.504 e. The normalized spacial score (nSPS) is 24.8. The van der Waals surface area contributed by atoms with E-state index in [1.54, 1.807) is 12.4 Å². The number of likely N-dealkylation sites (N-methyl/N-ethyl adjacent to an activating group) is 1. The lowest BCUT2D eigenvalue weighted by molar-refractivity contribution is -0.0454. The van der Waals surface area contributed by atoms with Crippen LogP contribution in [-0.2, 0) is 18.4 Å². The molecule has 1 amide bonds. The average molecular weight is 698 g/mol. The molecule has 4 aliphatic rings. The molecule has 1 aromatic carbocycles. The zero-order valence-corrected chi connectivity index (χ0v) is 30.0. The lowest BCUT2D eigenvalue weighted by atomic mass is 9.52. The van der Waals surface area contributed by atoms with Gasteiger partial charge in [-0.2, -0.15) is 0 Å². The number of phenolic OH excluding ortho intramolecular Hbond substituents is 1. The number of aliphatic hydroxyl groups excluding tert-OH is 1. The number of carbonyl (C=O) groups excluding carboxylic acids is 1. The van der Waals surface area contributed by atoms with Crippen molar-refractivity contribution >= 4 is 11.4 Å². The van der Waals surface area contributed by atoms with Gasteiger partial charge in [-0.25, -0.2) is 0 Å². The minimum atomic E-state index is -0.762. The molecule has 1 unspecified atom stereocenters. The fourth-order valence-electron chi connectivity index (χ4n) is 10.1. The number of hydrogen-bond donors (Lipinski definition) is 4. The summed E-state index contributed by atoms with van der Waals surface area (Å²) in [5.41, 5.74) is 9.80. The Bertz CT molecular complexity index is 2400. The van der Waals surface area contributed by atoms with E-state index < -0.39 is 17.6 Å². The molecule has 4 aromatic heterocycles. The molecule has 1 spiro atoms. The molecule has 6 heterocycles. The molecule has 10 nitrogen and oxygen atoms in total. The van der Waals surface area contributed by atoms with Crippen LogP contribution < -0.4 is 15.6 Å². The second-order valence-electron chi connectivity index (χ2n) is 15.3. The summed E-state index contributed by atoms with van der Waals surface area (Å²) in [4.78, 5) is 36.4. The Hall–Kier alpha value is -5.19. The molecule has 52 heavy (non-hydrogen) atoms. The number of fused-ring (bicyclic) bond motifs is 1. The second-order valence-corrected chi connectivity index (χ2v) is 15.3. The monoisotopic (exact) mass is 697 g/mol. The third kappa shape index (κ3) is 4.60. The summed E-state index contributed by atoms with van der Waals surface area (Å²) in [5.74, 6) is 0.233. The van der Waals surface area contributed by atoms with Gasteiger partial charge in [0.1, 0.15) is 12.2 Å². The van der Waals surface area contributed by atoms with Crippen LogP contribution >= 0.6 is 0 Å². The molecule has 0 radical (unpaired) electrons. The van der Waals surface area contributed by atoms with Crippen LogP contribution in [0.4, 0.5) is 0 Å². The molecule has 2 aliphatic heterocycles. The standard InChI is InChI=1S/C42H43N5O5/c1-21-14-22(2)45-41(51)31(21)19-44-40(50)29-16-27-15-26(25-8-11-43-12-9-25)20-47(27)37(24(29)4)23(3)28-18-35(49)38-36-30(28)17-33-32-6-7-34(48)39(52-38)42(32,36)10-13-46(33)5/h6-9,11-12,14-16,18,20,23,32-34,39,48-49H,10,13,17,19H2,1-5H3,(H,44,50)(H,45,51)/t23?,32-,33+,34-,39-,42-/m0/s1. The molecule has 9 rings (SSSR count). The highest BCUT2D eigenvalue weighted by atomic mass is 16.5. The van der Waals surface area contributed by atoms with Gasteiger partial charge in [0, 0.05) is 87.6 Å². The molecule has 266 valence electrons. The molecular weight excluding hydrogens is 654 g/mol. The van der Waals surface area contributed by atoms with E-state index in [1.165, 1.54) is 0 Å². The summed E-state index contributed by atoms with van der Waals surface area (Å²) < 4.78 is 8.69. The maximum Gasteiger partial charge on any atom is 0.253 e. The molecule has 1 saturated heterocycles. The molecule has 1 fully saturated rings. The number of hydrogen-bond acceptors (Lipinski definition) is 7. The Morgan fingerprint density at radius 3 is 2.69 bits per heavy atom. The minimum absolute atomic E-state index is 0.0826. The number of aliphatic hydroxyl groups is 1. The van der Waals surface area contributed by atoms with E-state index in [0.717, 1.165) is 75.2 Å². The van der Waals surface area contributed by atoms with E-state index in [4.69, 9.17) is 4.74 Å². The van der Waals surface area contributed by atoms with E-state index in [9.17, 15) is 19.8 Å². The maximum absolute atomic E-state index is 14.1. The summed E-state index contributed by atoms with van der Waals surface area (Å²) in [6, 6.07) is 11.9. The molecule has 2 aliphatic carbocycles. The molecule has 10 heteroatoms. The number of aromatic amines is 1. The van der Waals surface area contributed by atoms with E-state index in [1.807, 2.05) is 57.2 Å².